The molecule has 0 saturated heterocycles. The molecule has 34 heavy (non-hydrogen) atoms. The number of rotatable bonds is 11. The first-order valence-corrected chi connectivity index (χ1v) is 12.9. The lowest BCUT2D eigenvalue weighted by atomic mass is 9.96. The Bertz CT molecular complexity index is 1090. The lowest BCUT2D eigenvalue weighted by Gasteiger charge is -2.16. The fourth-order valence-corrected chi connectivity index (χ4v) is 4.26. The number of benzene rings is 3. The summed E-state index contributed by atoms with van der Waals surface area (Å²) in [4.78, 5) is 10.5. The van der Waals surface area contributed by atoms with Crippen LogP contribution in [0, 0.1) is 0 Å². The van der Waals surface area contributed by atoms with Gasteiger partial charge in [-0.25, -0.2) is 0 Å². The summed E-state index contributed by atoms with van der Waals surface area (Å²) in [7, 11) is 0. The maximum Gasteiger partial charge on any atom is 0.0668 e. The van der Waals surface area contributed by atoms with Crippen LogP contribution in [0.15, 0.2) is 88.8 Å². The van der Waals surface area contributed by atoms with E-state index in [-0.39, 0.29) is 0 Å². The maximum atomic E-state index is 5.29. The molecule has 0 spiro atoms. The number of nitrogens with zero attached hydrogens (tertiary/aromatic N) is 2. The number of aliphatic imine (C=N–C) groups is 2. The highest BCUT2D eigenvalue weighted by Gasteiger charge is 2.14. The molecule has 0 aromatic heterocycles. The zero-order valence-corrected chi connectivity index (χ0v) is 21.6. The summed E-state index contributed by atoms with van der Waals surface area (Å²) in [6.45, 7) is 11.3. The van der Waals surface area contributed by atoms with Crippen LogP contribution < -0.4 is 0 Å². The highest BCUT2D eigenvalue weighted by molar-refractivity contribution is 6.43. The Kier molecular flexibility index (Phi) is 9.82. The van der Waals surface area contributed by atoms with E-state index in [1.165, 1.54) is 16.7 Å². The van der Waals surface area contributed by atoms with Gasteiger partial charge in [0.25, 0.3) is 0 Å². The summed E-state index contributed by atoms with van der Waals surface area (Å²) in [6, 6.07) is 27.9. The molecule has 0 radical (unpaired) electrons. The second-order valence-corrected chi connectivity index (χ2v) is 9.19. The number of para-hydroxylation sites is 2. The minimum Gasteiger partial charge on any atom is -0.251 e. The Balaban J connectivity index is 2.08. The Labute approximate surface area is 206 Å². The summed E-state index contributed by atoms with van der Waals surface area (Å²) in [6.07, 6.45) is 4.89. The van der Waals surface area contributed by atoms with Gasteiger partial charge < -0.3 is 0 Å². The summed E-state index contributed by atoms with van der Waals surface area (Å²) in [5.41, 5.74) is 8.32. The van der Waals surface area contributed by atoms with Crippen LogP contribution in [-0.4, -0.2) is 11.4 Å². The monoisotopic (exact) mass is 452 g/mol. The van der Waals surface area contributed by atoms with Crippen molar-refractivity contribution < 1.29 is 0 Å². The van der Waals surface area contributed by atoms with Crippen LogP contribution in [0.3, 0.4) is 0 Å². The topological polar surface area (TPSA) is 24.7 Å². The summed E-state index contributed by atoms with van der Waals surface area (Å²) in [5.74, 6) is 0.956. The Morgan fingerprint density at radius 2 is 1.09 bits per heavy atom. The van der Waals surface area contributed by atoms with Crippen molar-refractivity contribution in [3.63, 3.8) is 0 Å². The van der Waals surface area contributed by atoms with Crippen molar-refractivity contribution in [1.82, 2.24) is 0 Å². The van der Waals surface area contributed by atoms with Crippen LogP contribution in [0.25, 0.3) is 0 Å². The predicted molar refractivity (Wildman–Crippen MR) is 150 cm³/mol. The van der Waals surface area contributed by atoms with E-state index in [1.54, 1.807) is 0 Å². The van der Waals surface area contributed by atoms with Gasteiger partial charge in [0.2, 0.25) is 0 Å². The molecule has 2 heteroatoms. The highest BCUT2D eigenvalue weighted by Crippen LogP contribution is 2.31. The van der Waals surface area contributed by atoms with Gasteiger partial charge in [-0.2, -0.15) is 0 Å². The van der Waals surface area contributed by atoms with Crippen LogP contribution in [0.5, 0.6) is 0 Å². The van der Waals surface area contributed by atoms with Crippen LogP contribution >= 0.6 is 0 Å². The molecular weight excluding hydrogens is 412 g/mol. The normalized spacial score (nSPS) is 14.1. The highest BCUT2D eigenvalue weighted by atomic mass is 14.8. The quantitative estimate of drug-likeness (QED) is 0.259. The molecule has 3 aromatic rings. The van der Waals surface area contributed by atoms with Crippen molar-refractivity contribution in [2.45, 2.75) is 78.6 Å². The first-order chi connectivity index (χ1) is 16.6. The van der Waals surface area contributed by atoms with Crippen LogP contribution in [0.4, 0.5) is 11.4 Å². The van der Waals surface area contributed by atoms with Crippen LogP contribution in [0.1, 0.15) is 88.8 Å². The largest absolute Gasteiger partial charge is 0.251 e. The fourth-order valence-electron chi connectivity index (χ4n) is 4.26. The number of hydrogen-bond donors (Lipinski definition) is 0. The molecule has 0 aliphatic heterocycles. The standard InChI is InChI=1S/C32H40N2/c1-6-24(4)27-18-12-14-20-30(27)33-29(8-3)32(23-22-26-16-10-9-11-17-26)34-31-21-15-13-19-28(31)25(5)7-2/h9-21,24-25H,6-8,22-23H2,1-5H3. The van der Waals surface area contributed by atoms with Gasteiger partial charge in [0, 0.05) is 0 Å². The Hall–Kier alpha value is -3.00. The fraction of sp³-hybridized carbons (Fsp3) is 0.375. The Morgan fingerprint density at radius 1 is 0.618 bits per heavy atom. The van der Waals surface area contributed by atoms with Gasteiger partial charge in [-0.3, -0.25) is 9.98 Å². The van der Waals surface area contributed by atoms with Crippen molar-refractivity contribution in [1.29, 1.82) is 0 Å². The minimum absolute atomic E-state index is 0.475. The molecular formula is C32H40N2. The number of hydrogen-bond acceptors (Lipinski definition) is 2. The second-order valence-electron chi connectivity index (χ2n) is 9.19. The van der Waals surface area contributed by atoms with E-state index in [4.69, 9.17) is 9.98 Å². The van der Waals surface area contributed by atoms with Gasteiger partial charge in [-0.1, -0.05) is 101 Å². The predicted octanol–water partition coefficient (Wildman–Crippen LogP) is 9.60. The molecule has 0 heterocycles. The van der Waals surface area contributed by atoms with E-state index >= 15 is 0 Å². The molecule has 2 nitrogen and oxygen atoms in total. The van der Waals surface area contributed by atoms with Gasteiger partial charge in [-0.15, -0.1) is 0 Å². The summed E-state index contributed by atoms with van der Waals surface area (Å²) in [5, 5.41) is 0. The molecule has 3 aromatic carbocycles. The third-order valence-corrected chi connectivity index (χ3v) is 6.83. The van der Waals surface area contributed by atoms with Gasteiger partial charge in [0.15, 0.2) is 0 Å². The Morgan fingerprint density at radius 3 is 1.59 bits per heavy atom. The van der Waals surface area contributed by atoms with E-state index in [0.29, 0.717) is 11.8 Å². The summed E-state index contributed by atoms with van der Waals surface area (Å²) < 4.78 is 0. The molecule has 0 bridgehead atoms. The molecule has 2 atom stereocenters. The van der Waals surface area contributed by atoms with E-state index in [0.717, 1.165) is 54.9 Å². The zero-order chi connectivity index (χ0) is 24.3. The van der Waals surface area contributed by atoms with E-state index in [9.17, 15) is 0 Å². The van der Waals surface area contributed by atoms with Gasteiger partial charge >= 0.3 is 0 Å². The van der Waals surface area contributed by atoms with E-state index in [1.807, 2.05) is 0 Å². The van der Waals surface area contributed by atoms with Gasteiger partial charge in [-0.05, 0) is 72.8 Å². The first-order valence-electron chi connectivity index (χ1n) is 12.9. The first kappa shape index (κ1) is 25.6. The molecule has 0 fully saturated rings. The molecule has 0 saturated carbocycles. The molecule has 0 aliphatic carbocycles. The van der Waals surface area contributed by atoms with Gasteiger partial charge in [0.05, 0.1) is 22.8 Å². The lowest BCUT2D eigenvalue weighted by Crippen LogP contribution is -2.15. The SMILES string of the molecule is CCC(=Nc1ccccc1C(C)CC)C(CCc1ccccc1)=Nc1ccccc1C(C)CC. The molecule has 2 unspecified atom stereocenters. The molecule has 0 N–H and O–H groups in total. The maximum absolute atomic E-state index is 5.29. The average Bonchev–Trinajstić information content (AvgIpc) is 2.90. The minimum atomic E-state index is 0.475. The zero-order valence-electron chi connectivity index (χ0n) is 21.6. The molecule has 0 aliphatic rings. The number of aryl methyl sites for hydroxylation is 1. The van der Waals surface area contributed by atoms with Crippen LogP contribution in [-0.2, 0) is 6.42 Å². The van der Waals surface area contributed by atoms with Crippen molar-refractivity contribution in [3.8, 4) is 0 Å². The smallest absolute Gasteiger partial charge is 0.0668 e. The van der Waals surface area contributed by atoms with Crippen molar-refractivity contribution >= 4 is 22.8 Å². The third-order valence-electron chi connectivity index (χ3n) is 6.83. The van der Waals surface area contributed by atoms with Gasteiger partial charge in [0.1, 0.15) is 0 Å². The third kappa shape index (κ3) is 6.76. The second kappa shape index (κ2) is 13.0. The average molecular weight is 453 g/mol. The van der Waals surface area contributed by atoms with Crippen molar-refractivity contribution in [3.05, 3.63) is 95.6 Å². The van der Waals surface area contributed by atoms with Crippen molar-refractivity contribution in [2.75, 3.05) is 0 Å². The van der Waals surface area contributed by atoms with Crippen molar-refractivity contribution in [2.24, 2.45) is 9.98 Å². The molecule has 3 rings (SSSR count). The molecule has 0 amide bonds. The lowest BCUT2D eigenvalue weighted by molar-refractivity contribution is 0.734. The molecule has 178 valence electrons. The van der Waals surface area contributed by atoms with E-state index < -0.39 is 0 Å². The van der Waals surface area contributed by atoms with E-state index in [2.05, 4.69) is 113 Å². The van der Waals surface area contributed by atoms with Crippen LogP contribution in [0.2, 0.25) is 0 Å². The summed E-state index contributed by atoms with van der Waals surface area (Å²) >= 11 is 0.